The number of furan rings is 1. The Hall–Kier alpha value is -6.69. The van der Waals surface area contributed by atoms with Crippen LogP contribution in [0.15, 0.2) is 179 Å². The van der Waals surface area contributed by atoms with Gasteiger partial charge in [0.05, 0.1) is 5.69 Å². The predicted octanol–water partition coefficient (Wildman–Crippen LogP) is 14.1. The summed E-state index contributed by atoms with van der Waals surface area (Å²) in [4.78, 5) is 7.19. The van der Waals surface area contributed by atoms with E-state index in [9.17, 15) is 0 Å². The van der Waals surface area contributed by atoms with Crippen molar-refractivity contribution in [2.45, 2.75) is 0 Å². The number of fused-ring (bicyclic) bond motifs is 8. The molecule has 0 atom stereocenters. The number of hydrogen-bond donors (Lipinski definition) is 0. The minimum absolute atomic E-state index is 0.580. The number of anilines is 3. The van der Waals surface area contributed by atoms with Crippen LogP contribution in [0.4, 0.5) is 17.1 Å². The lowest BCUT2D eigenvalue weighted by Crippen LogP contribution is -2.10. The largest absolute Gasteiger partial charge is 0.454 e. The standard InChI is InChI=1S/C47H28N2O2S/c1-2-10-29(11-3-1)30-20-21-32-27-33(23-22-31(32)26-30)49(34-24-25-44-38(28-34)35-12-4-7-19-43(35)52-44)40-16-8-13-36-45-37(14-9-18-42(45)50-46(36)40)47-48-39-15-5-6-17-41(39)51-47/h1-28H. The second kappa shape index (κ2) is 11.4. The van der Waals surface area contributed by atoms with Crippen LogP contribution in [0.3, 0.4) is 0 Å². The molecule has 0 fully saturated rings. The Morgan fingerprint density at radius 2 is 1.21 bits per heavy atom. The maximum absolute atomic E-state index is 6.83. The maximum Gasteiger partial charge on any atom is 0.228 e. The van der Waals surface area contributed by atoms with Gasteiger partial charge in [-0.1, -0.05) is 97.1 Å². The van der Waals surface area contributed by atoms with Gasteiger partial charge in [0.2, 0.25) is 5.89 Å². The van der Waals surface area contributed by atoms with E-state index < -0.39 is 0 Å². The van der Waals surface area contributed by atoms with E-state index >= 15 is 0 Å². The van der Waals surface area contributed by atoms with E-state index in [1.165, 1.54) is 42.1 Å². The summed E-state index contributed by atoms with van der Waals surface area (Å²) in [5, 5.41) is 6.85. The van der Waals surface area contributed by atoms with E-state index in [2.05, 4.69) is 138 Å². The summed E-state index contributed by atoms with van der Waals surface area (Å²) in [6, 6.07) is 59.8. The van der Waals surface area contributed by atoms with Crippen LogP contribution in [0.2, 0.25) is 0 Å². The number of benzene rings is 8. The molecule has 4 nitrogen and oxygen atoms in total. The Labute approximate surface area is 302 Å². The van der Waals surface area contributed by atoms with Gasteiger partial charge in [0, 0.05) is 47.9 Å². The van der Waals surface area contributed by atoms with Gasteiger partial charge in [-0.3, -0.25) is 0 Å². The van der Waals surface area contributed by atoms with Crippen LogP contribution in [-0.4, -0.2) is 4.98 Å². The number of hydrogen-bond acceptors (Lipinski definition) is 5. The maximum atomic E-state index is 6.83. The van der Waals surface area contributed by atoms with Crippen molar-refractivity contribution in [1.29, 1.82) is 0 Å². The Balaban J connectivity index is 1.14. The fraction of sp³-hybridized carbons (Fsp3) is 0. The Bertz CT molecular complexity index is 3120. The molecule has 5 heteroatoms. The molecular weight excluding hydrogens is 657 g/mol. The van der Waals surface area contributed by atoms with Gasteiger partial charge >= 0.3 is 0 Å². The van der Waals surface area contributed by atoms with E-state index in [1.807, 2.05) is 47.7 Å². The summed E-state index contributed by atoms with van der Waals surface area (Å²) in [6.07, 6.45) is 0. The molecule has 0 bridgehead atoms. The van der Waals surface area contributed by atoms with Crippen LogP contribution in [0, 0.1) is 0 Å². The third kappa shape index (κ3) is 4.57. The number of rotatable bonds is 5. The summed E-state index contributed by atoms with van der Waals surface area (Å²) in [5.41, 5.74) is 9.56. The van der Waals surface area contributed by atoms with E-state index in [4.69, 9.17) is 13.8 Å². The molecule has 3 heterocycles. The molecule has 11 rings (SSSR count). The molecule has 0 N–H and O–H groups in total. The molecular formula is C47H28N2O2S. The van der Waals surface area contributed by atoms with Gasteiger partial charge in [-0.2, -0.15) is 0 Å². The predicted molar refractivity (Wildman–Crippen MR) is 217 cm³/mol. The third-order valence-electron chi connectivity index (χ3n) is 10.1. The number of thiophene rings is 1. The Morgan fingerprint density at radius 3 is 2.15 bits per heavy atom. The van der Waals surface area contributed by atoms with Crippen LogP contribution in [-0.2, 0) is 0 Å². The fourth-order valence-electron chi connectivity index (χ4n) is 7.64. The molecule has 0 saturated heterocycles. The first kappa shape index (κ1) is 29.1. The summed E-state index contributed by atoms with van der Waals surface area (Å²) in [5.74, 6) is 0.580. The number of para-hydroxylation sites is 3. The van der Waals surface area contributed by atoms with E-state index in [0.717, 1.165) is 55.7 Å². The highest BCUT2D eigenvalue weighted by Crippen LogP contribution is 2.46. The summed E-state index contributed by atoms with van der Waals surface area (Å²) < 4.78 is 15.7. The first-order chi connectivity index (χ1) is 25.7. The quantitative estimate of drug-likeness (QED) is 0.181. The first-order valence-corrected chi connectivity index (χ1v) is 18.2. The molecule has 244 valence electrons. The smallest absolute Gasteiger partial charge is 0.228 e. The molecule has 0 aliphatic heterocycles. The van der Waals surface area contributed by atoms with Crippen LogP contribution in [0.1, 0.15) is 0 Å². The highest BCUT2D eigenvalue weighted by atomic mass is 32.1. The number of aromatic nitrogens is 1. The van der Waals surface area contributed by atoms with Gasteiger partial charge in [0.15, 0.2) is 11.2 Å². The molecule has 0 spiro atoms. The van der Waals surface area contributed by atoms with Crippen molar-refractivity contribution in [3.63, 3.8) is 0 Å². The van der Waals surface area contributed by atoms with Gasteiger partial charge in [-0.25, -0.2) is 4.98 Å². The second-order valence-corrected chi connectivity index (χ2v) is 14.2. The number of oxazole rings is 1. The van der Waals surface area contributed by atoms with Crippen LogP contribution < -0.4 is 4.90 Å². The van der Waals surface area contributed by atoms with Gasteiger partial charge < -0.3 is 13.7 Å². The van der Waals surface area contributed by atoms with Crippen molar-refractivity contribution in [2.75, 3.05) is 4.90 Å². The molecule has 52 heavy (non-hydrogen) atoms. The molecule has 0 amide bonds. The van der Waals surface area contributed by atoms with Gasteiger partial charge in [-0.05, 0) is 94.7 Å². The van der Waals surface area contributed by atoms with Crippen molar-refractivity contribution >= 4 is 92.4 Å². The zero-order chi connectivity index (χ0) is 34.2. The van der Waals surface area contributed by atoms with Crippen molar-refractivity contribution in [3.05, 3.63) is 170 Å². The molecule has 11 aromatic rings. The highest BCUT2D eigenvalue weighted by Gasteiger charge is 2.23. The van der Waals surface area contributed by atoms with Gasteiger partial charge in [0.1, 0.15) is 11.1 Å². The third-order valence-corrected chi connectivity index (χ3v) is 11.2. The summed E-state index contributed by atoms with van der Waals surface area (Å²) in [7, 11) is 0. The molecule has 0 aliphatic rings. The van der Waals surface area contributed by atoms with Gasteiger partial charge in [-0.15, -0.1) is 11.3 Å². The lowest BCUT2D eigenvalue weighted by atomic mass is 10.0. The topological polar surface area (TPSA) is 42.4 Å². The van der Waals surface area contributed by atoms with Gasteiger partial charge in [0.25, 0.3) is 0 Å². The second-order valence-electron chi connectivity index (χ2n) is 13.1. The zero-order valence-corrected chi connectivity index (χ0v) is 28.6. The Kier molecular flexibility index (Phi) is 6.39. The van der Waals surface area contributed by atoms with Crippen LogP contribution in [0.5, 0.6) is 0 Å². The van der Waals surface area contributed by atoms with Crippen molar-refractivity contribution in [2.24, 2.45) is 0 Å². The lowest BCUT2D eigenvalue weighted by Gasteiger charge is -2.26. The molecule has 0 saturated carbocycles. The van der Waals surface area contributed by atoms with Crippen molar-refractivity contribution in [1.82, 2.24) is 4.98 Å². The summed E-state index contributed by atoms with van der Waals surface area (Å²) in [6.45, 7) is 0. The molecule has 8 aromatic carbocycles. The Morgan fingerprint density at radius 1 is 0.481 bits per heavy atom. The first-order valence-electron chi connectivity index (χ1n) is 17.4. The minimum Gasteiger partial charge on any atom is -0.454 e. The average Bonchev–Trinajstić information content (AvgIpc) is 3.92. The monoisotopic (exact) mass is 684 g/mol. The molecule has 0 aliphatic carbocycles. The minimum atomic E-state index is 0.580. The summed E-state index contributed by atoms with van der Waals surface area (Å²) >= 11 is 1.83. The lowest BCUT2D eigenvalue weighted by molar-refractivity contribution is 0.620. The van der Waals surface area contributed by atoms with E-state index in [0.29, 0.717) is 5.89 Å². The van der Waals surface area contributed by atoms with Crippen LogP contribution in [0.25, 0.3) is 86.6 Å². The van der Waals surface area contributed by atoms with Crippen molar-refractivity contribution in [3.8, 4) is 22.6 Å². The fourth-order valence-corrected chi connectivity index (χ4v) is 8.72. The molecule has 0 radical (unpaired) electrons. The molecule has 0 unspecified atom stereocenters. The average molecular weight is 685 g/mol. The van der Waals surface area contributed by atoms with E-state index in [1.54, 1.807) is 0 Å². The zero-order valence-electron chi connectivity index (χ0n) is 27.8. The number of nitrogens with zero attached hydrogens (tertiary/aromatic N) is 2. The highest BCUT2D eigenvalue weighted by molar-refractivity contribution is 7.25. The van der Waals surface area contributed by atoms with E-state index in [-0.39, 0.29) is 0 Å². The normalized spacial score (nSPS) is 11.8. The van der Waals surface area contributed by atoms with Crippen LogP contribution >= 0.6 is 11.3 Å². The van der Waals surface area contributed by atoms with Crippen molar-refractivity contribution < 1.29 is 8.83 Å². The molecule has 3 aromatic heterocycles. The SMILES string of the molecule is c1ccc(-c2ccc3cc(N(c4ccc5sc6ccccc6c5c4)c4cccc5c4oc4cccc(-c6nc7ccccc7o6)c45)ccc3c2)cc1.